The van der Waals surface area contributed by atoms with Crippen LogP contribution in [-0.2, 0) is 16.1 Å². The molecule has 1 aliphatic rings. The SMILES string of the molecule is O=C1CCN(C(=O)Cn2cnc3ccccc3c2=O)CC1. The molecule has 1 fully saturated rings. The molecule has 3 rings (SSSR count). The number of aromatic nitrogens is 2. The highest BCUT2D eigenvalue weighted by Crippen LogP contribution is 2.08. The van der Waals surface area contributed by atoms with Gasteiger partial charge in [-0.3, -0.25) is 19.0 Å². The second-order valence-corrected chi connectivity index (χ2v) is 5.11. The number of ketones is 1. The number of nitrogens with zero attached hydrogens (tertiary/aromatic N) is 3. The fourth-order valence-electron chi connectivity index (χ4n) is 2.47. The fourth-order valence-corrected chi connectivity index (χ4v) is 2.47. The first-order valence-corrected chi connectivity index (χ1v) is 6.89. The van der Waals surface area contributed by atoms with Gasteiger partial charge in [0.25, 0.3) is 5.56 Å². The lowest BCUT2D eigenvalue weighted by atomic mass is 10.1. The number of para-hydroxylation sites is 1. The molecule has 0 saturated carbocycles. The lowest BCUT2D eigenvalue weighted by Crippen LogP contribution is -2.41. The standard InChI is InChI=1S/C15H15N3O3/c19-11-5-7-17(8-6-11)14(20)9-18-10-16-13-4-2-1-3-12(13)15(18)21/h1-4,10H,5-9H2. The Bertz CT molecular complexity index is 756. The number of amides is 1. The lowest BCUT2D eigenvalue weighted by Gasteiger charge is -2.26. The van der Waals surface area contributed by atoms with Crippen LogP contribution in [0.5, 0.6) is 0 Å². The van der Waals surface area contributed by atoms with Crippen LogP contribution < -0.4 is 5.56 Å². The van der Waals surface area contributed by atoms with Gasteiger partial charge in [-0.15, -0.1) is 0 Å². The van der Waals surface area contributed by atoms with Crippen LogP contribution in [0.3, 0.4) is 0 Å². The fraction of sp³-hybridized carbons (Fsp3) is 0.333. The molecule has 2 aromatic rings. The molecule has 0 aliphatic carbocycles. The van der Waals surface area contributed by atoms with E-state index in [4.69, 9.17) is 0 Å². The summed E-state index contributed by atoms with van der Waals surface area (Å²) in [4.78, 5) is 41.5. The van der Waals surface area contributed by atoms with Gasteiger partial charge in [0, 0.05) is 25.9 Å². The summed E-state index contributed by atoms with van der Waals surface area (Å²) >= 11 is 0. The van der Waals surface area contributed by atoms with Crippen LogP contribution in [0.2, 0.25) is 0 Å². The molecule has 6 heteroatoms. The zero-order chi connectivity index (χ0) is 14.8. The first-order valence-electron chi connectivity index (χ1n) is 6.89. The maximum absolute atomic E-state index is 12.3. The number of carbonyl (C=O) groups is 2. The van der Waals surface area contributed by atoms with Crippen LogP contribution in [0.4, 0.5) is 0 Å². The van der Waals surface area contributed by atoms with Crippen molar-refractivity contribution in [3.05, 3.63) is 40.9 Å². The minimum atomic E-state index is -0.220. The summed E-state index contributed by atoms with van der Waals surface area (Å²) in [5.41, 5.74) is 0.400. The van der Waals surface area contributed by atoms with Gasteiger partial charge in [-0.1, -0.05) is 12.1 Å². The van der Waals surface area contributed by atoms with Gasteiger partial charge in [-0.25, -0.2) is 4.98 Å². The number of rotatable bonds is 2. The minimum Gasteiger partial charge on any atom is -0.340 e. The van der Waals surface area contributed by atoms with E-state index in [1.165, 1.54) is 10.9 Å². The van der Waals surface area contributed by atoms with Gasteiger partial charge in [-0.05, 0) is 12.1 Å². The molecule has 2 heterocycles. The van der Waals surface area contributed by atoms with E-state index in [-0.39, 0.29) is 23.8 Å². The Morgan fingerprint density at radius 1 is 1.14 bits per heavy atom. The van der Waals surface area contributed by atoms with Crippen molar-refractivity contribution in [3.63, 3.8) is 0 Å². The maximum Gasteiger partial charge on any atom is 0.261 e. The van der Waals surface area contributed by atoms with Gasteiger partial charge < -0.3 is 4.90 Å². The molecule has 21 heavy (non-hydrogen) atoms. The molecule has 1 aliphatic heterocycles. The van der Waals surface area contributed by atoms with Crippen molar-refractivity contribution in [2.24, 2.45) is 0 Å². The van der Waals surface area contributed by atoms with Crippen molar-refractivity contribution < 1.29 is 9.59 Å². The van der Waals surface area contributed by atoms with Crippen LogP contribution >= 0.6 is 0 Å². The largest absolute Gasteiger partial charge is 0.340 e. The van der Waals surface area contributed by atoms with E-state index >= 15 is 0 Å². The summed E-state index contributed by atoms with van der Waals surface area (Å²) in [6.07, 6.45) is 2.20. The van der Waals surface area contributed by atoms with Crippen LogP contribution in [0.15, 0.2) is 35.4 Å². The second-order valence-electron chi connectivity index (χ2n) is 5.11. The van der Waals surface area contributed by atoms with Crippen molar-refractivity contribution in [1.29, 1.82) is 0 Å². The van der Waals surface area contributed by atoms with Crippen LogP contribution in [-0.4, -0.2) is 39.2 Å². The normalized spacial score (nSPS) is 15.4. The molecule has 0 atom stereocenters. The van der Waals surface area contributed by atoms with Crippen molar-refractivity contribution in [3.8, 4) is 0 Å². The number of Topliss-reactive ketones (excluding diaryl/α,β-unsaturated/α-hetero) is 1. The van der Waals surface area contributed by atoms with Gasteiger partial charge in [0.1, 0.15) is 12.3 Å². The first kappa shape index (κ1) is 13.5. The first-order chi connectivity index (χ1) is 10.1. The molecule has 1 aromatic heterocycles. The zero-order valence-electron chi connectivity index (χ0n) is 11.5. The van der Waals surface area contributed by atoms with Crippen molar-refractivity contribution in [2.45, 2.75) is 19.4 Å². The molecular weight excluding hydrogens is 270 g/mol. The Labute approximate surface area is 121 Å². The van der Waals surface area contributed by atoms with Gasteiger partial charge in [0.2, 0.25) is 5.91 Å². The Kier molecular flexibility index (Phi) is 3.51. The zero-order valence-corrected chi connectivity index (χ0v) is 11.5. The van der Waals surface area contributed by atoms with E-state index in [0.717, 1.165) is 0 Å². The number of carbonyl (C=O) groups excluding carboxylic acids is 2. The van der Waals surface area contributed by atoms with Gasteiger partial charge >= 0.3 is 0 Å². The number of piperidine rings is 1. The number of hydrogen-bond acceptors (Lipinski definition) is 4. The molecule has 108 valence electrons. The summed E-state index contributed by atoms with van der Waals surface area (Å²) < 4.78 is 1.32. The Balaban J connectivity index is 1.82. The number of fused-ring (bicyclic) bond motifs is 1. The van der Waals surface area contributed by atoms with Crippen LogP contribution in [0, 0.1) is 0 Å². The van der Waals surface area contributed by atoms with Gasteiger partial charge in [-0.2, -0.15) is 0 Å². The van der Waals surface area contributed by atoms with E-state index < -0.39 is 0 Å². The summed E-state index contributed by atoms with van der Waals surface area (Å²) in [5.74, 6) is 0.0327. The molecule has 0 unspecified atom stereocenters. The smallest absolute Gasteiger partial charge is 0.261 e. The van der Waals surface area contributed by atoms with Gasteiger partial charge in [0.05, 0.1) is 17.2 Å². The quantitative estimate of drug-likeness (QED) is 0.809. The van der Waals surface area contributed by atoms with E-state index in [9.17, 15) is 14.4 Å². The Morgan fingerprint density at radius 3 is 2.62 bits per heavy atom. The van der Waals surface area contributed by atoms with E-state index in [1.54, 1.807) is 23.1 Å². The topological polar surface area (TPSA) is 72.3 Å². The predicted molar refractivity (Wildman–Crippen MR) is 76.8 cm³/mol. The summed E-state index contributed by atoms with van der Waals surface area (Å²) in [6, 6.07) is 7.05. The molecular formula is C15H15N3O3. The molecule has 0 spiro atoms. The van der Waals surface area contributed by atoms with Gasteiger partial charge in [0.15, 0.2) is 0 Å². The number of likely N-dealkylation sites (tertiary alicyclic amines) is 1. The summed E-state index contributed by atoms with van der Waals surface area (Å²) in [7, 11) is 0. The third-order valence-corrected chi connectivity index (χ3v) is 3.71. The Morgan fingerprint density at radius 2 is 1.86 bits per heavy atom. The van der Waals surface area contributed by atoms with E-state index in [2.05, 4.69) is 4.98 Å². The molecule has 1 aromatic carbocycles. The molecule has 6 nitrogen and oxygen atoms in total. The lowest BCUT2D eigenvalue weighted by molar-refractivity contribution is -0.135. The van der Waals surface area contributed by atoms with E-state index in [1.807, 2.05) is 6.07 Å². The number of hydrogen-bond donors (Lipinski definition) is 0. The number of benzene rings is 1. The monoisotopic (exact) mass is 285 g/mol. The Hall–Kier alpha value is -2.50. The minimum absolute atomic E-state index is 0.0368. The van der Waals surface area contributed by atoms with Crippen molar-refractivity contribution >= 4 is 22.6 Å². The third-order valence-electron chi connectivity index (χ3n) is 3.71. The van der Waals surface area contributed by atoms with Crippen molar-refractivity contribution in [1.82, 2.24) is 14.5 Å². The average Bonchev–Trinajstić information content (AvgIpc) is 2.51. The molecule has 1 saturated heterocycles. The van der Waals surface area contributed by atoms with Crippen molar-refractivity contribution in [2.75, 3.05) is 13.1 Å². The van der Waals surface area contributed by atoms with Crippen LogP contribution in [0.1, 0.15) is 12.8 Å². The molecule has 0 radical (unpaired) electrons. The molecule has 0 N–H and O–H groups in total. The maximum atomic E-state index is 12.3. The summed E-state index contributed by atoms with van der Waals surface area (Å²) in [6.45, 7) is 0.839. The highest BCUT2D eigenvalue weighted by Gasteiger charge is 2.21. The van der Waals surface area contributed by atoms with E-state index in [0.29, 0.717) is 36.8 Å². The average molecular weight is 285 g/mol. The highest BCUT2D eigenvalue weighted by atomic mass is 16.2. The molecule has 0 bridgehead atoms. The predicted octanol–water partition coefficient (Wildman–Crippen LogP) is 0.588. The highest BCUT2D eigenvalue weighted by molar-refractivity contribution is 5.83. The molecule has 1 amide bonds. The summed E-state index contributed by atoms with van der Waals surface area (Å²) in [5, 5.41) is 0.502. The second kappa shape index (κ2) is 5.47. The van der Waals surface area contributed by atoms with Crippen LogP contribution in [0.25, 0.3) is 10.9 Å². The third kappa shape index (κ3) is 2.69.